The zero-order chi connectivity index (χ0) is 48.1. The summed E-state index contributed by atoms with van der Waals surface area (Å²) in [4.78, 5) is 31.5. The first-order valence-electron chi connectivity index (χ1n) is 24.2. The number of aromatic nitrogens is 5. The summed E-state index contributed by atoms with van der Waals surface area (Å²) < 4.78 is 87.9. The molecular formula is C52H57F2N7O6S2. The second-order valence-corrected chi connectivity index (χ2v) is 24.0. The van der Waals surface area contributed by atoms with Crippen LogP contribution < -0.4 is 0 Å². The summed E-state index contributed by atoms with van der Waals surface area (Å²) in [5, 5.41) is 7.90. The normalized spacial score (nSPS) is 25.1. The van der Waals surface area contributed by atoms with E-state index in [-0.39, 0.29) is 29.6 Å². The number of fused-ring (bicyclic) bond motifs is 4. The number of hydrogen-bond donors (Lipinski definition) is 0. The molecule has 4 atom stereocenters. The van der Waals surface area contributed by atoms with Crippen LogP contribution in [0, 0.1) is 22.5 Å². The summed E-state index contributed by atoms with van der Waals surface area (Å²) in [6, 6.07) is 17.5. The Kier molecular flexibility index (Phi) is 12.8. The fourth-order valence-corrected chi connectivity index (χ4v) is 16.0. The molecule has 69 heavy (non-hydrogen) atoms. The first kappa shape index (κ1) is 47.2. The molecule has 0 radical (unpaired) electrons. The summed E-state index contributed by atoms with van der Waals surface area (Å²) >= 11 is 0. The van der Waals surface area contributed by atoms with Crippen molar-refractivity contribution >= 4 is 43.8 Å². The van der Waals surface area contributed by atoms with Gasteiger partial charge in [0.15, 0.2) is 5.78 Å². The summed E-state index contributed by atoms with van der Waals surface area (Å²) in [5.74, 6) is -0.756. The Morgan fingerprint density at radius 3 is 1.51 bits per heavy atom. The molecule has 3 aromatic heterocycles. The largest absolute Gasteiger partial charge is 0.299 e. The Bertz CT molecular complexity index is 3050. The molecule has 0 spiro atoms. The van der Waals surface area contributed by atoms with Crippen LogP contribution in [0.25, 0.3) is 23.5 Å². The van der Waals surface area contributed by atoms with Crippen LogP contribution in [0.3, 0.4) is 0 Å². The van der Waals surface area contributed by atoms with Gasteiger partial charge in [0.2, 0.25) is 20.0 Å². The van der Waals surface area contributed by atoms with Crippen LogP contribution in [0.1, 0.15) is 117 Å². The van der Waals surface area contributed by atoms with Gasteiger partial charge < -0.3 is 0 Å². The van der Waals surface area contributed by atoms with Gasteiger partial charge in [-0.05, 0) is 168 Å². The molecule has 5 aromatic rings. The highest BCUT2D eigenvalue weighted by Crippen LogP contribution is 2.53. The maximum absolute atomic E-state index is 14.1. The van der Waals surface area contributed by atoms with Crippen molar-refractivity contribution in [2.75, 3.05) is 26.2 Å². The molecular weight excluding hydrogens is 921 g/mol. The molecule has 362 valence electrons. The molecule has 17 heteroatoms. The van der Waals surface area contributed by atoms with Gasteiger partial charge in [-0.1, -0.05) is 30.1 Å². The molecule has 0 bridgehead atoms. The molecule has 0 unspecified atom stereocenters. The number of allylic oxidation sites excluding steroid dienone is 2. The Labute approximate surface area is 402 Å². The summed E-state index contributed by atoms with van der Waals surface area (Å²) in [7, 11) is -6.96. The molecule has 4 fully saturated rings. The lowest BCUT2D eigenvalue weighted by atomic mass is 9.61. The van der Waals surface area contributed by atoms with Gasteiger partial charge in [0.1, 0.15) is 23.1 Å². The minimum absolute atomic E-state index is 0.0162. The van der Waals surface area contributed by atoms with Gasteiger partial charge in [0.05, 0.1) is 56.5 Å². The molecule has 2 aliphatic heterocycles. The van der Waals surface area contributed by atoms with Crippen molar-refractivity contribution in [3.8, 4) is 11.4 Å². The number of benzene rings is 2. The highest BCUT2D eigenvalue weighted by atomic mass is 32.2. The highest BCUT2D eigenvalue weighted by molar-refractivity contribution is 7.90. The smallest absolute Gasteiger partial charge is 0.217 e. The second kappa shape index (κ2) is 18.7. The van der Waals surface area contributed by atoms with Crippen LogP contribution in [0.15, 0.2) is 96.5 Å². The molecule has 6 aliphatic rings. The van der Waals surface area contributed by atoms with E-state index in [1.54, 1.807) is 86.0 Å². The lowest BCUT2D eigenvalue weighted by Crippen LogP contribution is -2.49. The van der Waals surface area contributed by atoms with Crippen molar-refractivity contribution in [2.24, 2.45) is 10.8 Å². The number of carbonyl (C=O) groups is 2. The third-order valence-corrected chi connectivity index (χ3v) is 20.2. The molecule has 0 amide bonds. The SMILES string of the molecule is CC(=O)[C@]12Cc3cnn(-c4ccc(F)cc4)c3C=C1CC[C@H](S(=O)(=O)N1CCCCC1)C2.O=C(c1ccccn1)[C@]12Cc3cnn(-c4ccc(F)cc4)c3C=C1CC[C@H](S(=O)(=O)N1CCCCC1)C2. The molecule has 2 saturated carbocycles. The van der Waals surface area contributed by atoms with Crippen LogP contribution in [0.2, 0.25) is 0 Å². The van der Waals surface area contributed by atoms with Gasteiger partial charge in [0, 0.05) is 32.4 Å². The monoisotopic (exact) mass is 977 g/mol. The third-order valence-electron chi connectivity index (χ3n) is 15.6. The molecule has 5 heterocycles. The number of ketones is 2. The number of nitrogens with zero attached hydrogens (tertiary/aromatic N) is 7. The number of pyridine rings is 1. The number of piperidine rings is 2. The Balaban J connectivity index is 0.000000162. The lowest BCUT2D eigenvalue weighted by Gasteiger charge is -2.44. The minimum atomic E-state index is -3.53. The van der Waals surface area contributed by atoms with E-state index < -0.39 is 41.4 Å². The van der Waals surface area contributed by atoms with E-state index in [1.807, 2.05) is 12.2 Å². The Morgan fingerprint density at radius 1 is 0.609 bits per heavy atom. The van der Waals surface area contributed by atoms with Gasteiger partial charge in [-0.25, -0.2) is 43.6 Å². The predicted octanol–water partition coefficient (Wildman–Crippen LogP) is 8.48. The van der Waals surface area contributed by atoms with E-state index in [1.165, 1.54) is 24.3 Å². The van der Waals surface area contributed by atoms with Crippen molar-refractivity contribution in [1.82, 2.24) is 33.2 Å². The number of rotatable bonds is 9. The quantitative estimate of drug-likeness (QED) is 0.132. The van der Waals surface area contributed by atoms with Crippen molar-refractivity contribution < 1.29 is 35.2 Å². The maximum atomic E-state index is 14.1. The fraction of sp³-hybridized carbons (Fsp3) is 0.442. The zero-order valence-corrected chi connectivity index (χ0v) is 40.4. The topological polar surface area (TPSA) is 157 Å². The van der Waals surface area contributed by atoms with E-state index in [4.69, 9.17) is 0 Å². The summed E-state index contributed by atoms with van der Waals surface area (Å²) in [5.41, 5.74) is 5.47. The molecule has 13 nitrogen and oxygen atoms in total. The minimum Gasteiger partial charge on any atom is -0.299 e. The first-order chi connectivity index (χ1) is 33.2. The maximum Gasteiger partial charge on any atom is 0.217 e. The standard InChI is InChI=1S/C28H29FN4O3S.C24H28FN3O3S/c29-22-8-10-23(11-9-22)33-26-16-21-7-12-24(37(35,36)32-14-4-1-5-15-32)18-28(21,17-20(26)19-31-33)27(34)25-6-2-3-13-30-25;1-17(29)24-14-18-16-26-28(21-8-6-20(25)7-9-21)23(18)13-19(24)5-10-22(15-24)32(30,31)27-11-3-2-4-12-27/h2-3,6,8-11,13,16,19,24H,1,4-5,7,12,14-15,17-18H2;6-9,13,16,22H,2-5,10-12,14-15H2,1H3/t24-,28-;22-,24+/m00/s1. The summed E-state index contributed by atoms with van der Waals surface area (Å²) in [6.45, 7) is 3.86. The molecule has 2 aromatic carbocycles. The van der Waals surface area contributed by atoms with Crippen molar-refractivity contribution in [1.29, 1.82) is 0 Å². The Hall–Kier alpha value is -5.49. The average molecular weight is 978 g/mol. The average Bonchev–Trinajstić information content (AvgIpc) is 3.98. The fourth-order valence-electron chi connectivity index (χ4n) is 11.8. The number of hydrogen-bond acceptors (Lipinski definition) is 9. The Morgan fingerprint density at radius 2 is 1.06 bits per heavy atom. The van der Waals surface area contributed by atoms with Crippen LogP contribution in [0.4, 0.5) is 8.78 Å². The van der Waals surface area contributed by atoms with Crippen molar-refractivity contribution in [2.45, 2.75) is 107 Å². The van der Waals surface area contributed by atoms with Crippen molar-refractivity contribution in [3.05, 3.63) is 136 Å². The molecule has 4 aliphatic carbocycles. The predicted molar refractivity (Wildman–Crippen MR) is 258 cm³/mol. The van der Waals surface area contributed by atoms with Crippen molar-refractivity contribution in [3.63, 3.8) is 0 Å². The zero-order valence-electron chi connectivity index (χ0n) is 38.8. The number of Topliss-reactive ketones (excluding diaryl/α,β-unsaturated/α-hetero) is 2. The van der Waals surface area contributed by atoms with Crippen LogP contribution >= 0.6 is 0 Å². The van der Waals surface area contributed by atoms with E-state index in [0.29, 0.717) is 76.8 Å². The molecule has 0 N–H and O–H groups in total. The highest BCUT2D eigenvalue weighted by Gasteiger charge is 2.53. The third kappa shape index (κ3) is 8.67. The van der Waals surface area contributed by atoms with Gasteiger partial charge >= 0.3 is 0 Å². The number of carbonyl (C=O) groups excluding carboxylic acids is 2. The number of halogens is 2. The van der Waals surface area contributed by atoms with E-state index >= 15 is 0 Å². The van der Waals surface area contributed by atoms with E-state index in [9.17, 15) is 35.2 Å². The number of sulfonamides is 2. The van der Waals surface area contributed by atoms with Gasteiger partial charge in [0.25, 0.3) is 0 Å². The molecule has 2 saturated heterocycles. The summed E-state index contributed by atoms with van der Waals surface area (Å²) in [6.07, 6.45) is 18.2. The van der Waals surface area contributed by atoms with Crippen LogP contribution in [-0.4, -0.2) is 98.2 Å². The molecule has 11 rings (SSSR count). The first-order valence-corrected chi connectivity index (χ1v) is 27.2. The van der Waals surface area contributed by atoms with Gasteiger partial charge in [-0.15, -0.1) is 0 Å². The van der Waals surface area contributed by atoms with Crippen LogP contribution in [-0.2, 0) is 37.7 Å². The van der Waals surface area contributed by atoms with Gasteiger partial charge in [-0.3, -0.25) is 14.6 Å². The van der Waals surface area contributed by atoms with E-state index in [0.717, 1.165) is 83.6 Å². The van der Waals surface area contributed by atoms with Gasteiger partial charge in [-0.2, -0.15) is 10.2 Å². The second-order valence-electron chi connectivity index (χ2n) is 19.6. The lowest BCUT2D eigenvalue weighted by molar-refractivity contribution is -0.125. The van der Waals surface area contributed by atoms with Crippen LogP contribution in [0.5, 0.6) is 0 Å². The van der Waals surface area contributed by atoms with E-state index in [2.05, 4.69) is 15.2 Å².